The molecule has 0 saturated heterocycles. The number of aromatic nitrogens is 4. The second kappa shape index (κ2) is 5.10. The highest BCUT2D eigenvalue weighted by Crippen LogP contribution is 2.49. The molecule has 6 N–H and O–H groups in total. The van der Waals surface area contributed by atoms with Crippen LogP contribution in [0.3, 0.4) is 0 Å². The lowest BCUT2D eigenvalue weighted by Gasteiger charge is -2.50. The van der Waals surface area contributed by atoms with Crippen LogP contribution < -0.4 is 11.3 Å². The number of hydrogen-bond acceptors (Lipinski definition) is 7. The van der Waals surface area contributed by atoms with E-state index in [1.165, 1.54) is 6.33 Å². The minimum absolute atomic E-state index is 0.0200. The molecule has 2 unspecified atom stereocenters. The molecule has 9 heteroatoms. The van der Waals surface area contributed by atoms with E-state index in [9.17, 15) is 20.1 Å². The number of nitrogens with zero attached hydrogens (tertiary/aromatic N) is 3. The Morgan fingerprint density at radius 2 is 1.81 bits per heavy atom. The summed E-state index contributed by atoms with van der Waals surface area (Å²) >= 11 is 0. The fraction of sp³-hybridized carbons (Fsp3) is 0.583. The summed E-state index contributed by atoms with van der Waals surface area (Å²) < 4.78 is 1.65. The molecule has 3 rings (SSSR count). The van der Waals surface area contributed by atoms with Crippen molar-refractivity contribution in [3.63, 3.8) is 0 Å². The van der Waals surface area contributed by atoms with E-state index in [1.54, 1.807) is 4.57 Å². The molecule has 2 atom stereocenters. The molecule has 1 saturated carbocycles. The molecule has 0 spiro atoms. The molecule has 1 fully saturated rings. The molecule has 1 aliphatic carbocycles. The molecular weight excluding hydrogens is 278 g/mol. The average molecular weight is 295 g/mol. The van der Waals surface area contributed by atoms with Crippen LogP contribution in [0.5, 0.6) is 0 Å². The predicted octanol–water partition coefficient (Wildman–Crippen LogP) is -1.92. The Balaban J connectivity index is 2.09. The van der Waals surface area contributed by atoms with Crippen molar-refractivity contribution in [2.75, 3.05) is 25.6 Å². The van der Waals surface area contributed by atoms with Crippen LogP contribution in [0.25, 0.3) is 11.2 Å². The van der Waals surface area contributed by atoms with Gasteiger partial charge in [-0.15, -0.1) is 0 Å². The van der Waals surface area contributed by atoms with Crippen molar-refractivity contribution in [1.82, 2.24) is 19.5 Å². The van der Waals surface area contributed by atoms with Crippen molar-refractivity contribution in [3.8, 4) is 0 Å². The number of nitrogens with two attached hydrogens (primary N) is 1. The first-order valence-corrected chi connectivity index (χ1v) is 6.67. The molecule has 0 aliphatic heterocycles. The largest absolute Gasteiger partial charge is 0.396 e. The molecular formula is C12H17N5O4. The van der Waals surface area contributed by atoms with Gasteiger partial charge >= 0.3 is 0 Å². The topological polar surface area (TPSA) is 150 Å². The Labute approximate surface area is 119 Å². The lowest BCUT2D eigenvalue weighted by atomic mass is 9.61. The fourth-order valence-electron chi connectivity index (χ4n) is 3.33. The minimum Gasteiger partial charge on any atom is -0.396 e. The third-order valence-electron chi connectivity index (χ3n) is 4.38. The minimum atomic E-state index is -0.435. The van der Waals surface area contributed by atoms with Gasteiger partial charge in [-0.3, -0.25) is 9.78 Å². The number of hydrogen-bond donors (Lipinski definition) is 5. The maximum atomic E-state index is 11.8. The molecule has 2 aromatic heterocycles. The molecule has 1 aliphatic rings. The maximum absolute atomic E-state index is 11.8. The molecule has 0 aromatic carbocycles. The van der Waals surface area contributed by atoms with Crippen LogP contribution in [0.1, 0.15) is 6.04 Å². The molecule has 21 heavy (non-hydrogen) atoms. The summed E-state index contributed by atoms with van der Waals surface area (Å²) in [5, 5.41) is 28.4. The molecule has 114 valence electrons. The smallest absolute Gasteiger partial charge is 0.280 e. The molecule has 0 radical (unpaired) electrons. The third kappa shape index (κ3) is 1.93. The van der Waals surface area contributed by atoms with E-state index >= 15 is 0 Å². The van der Waals surface area contributed by atoms with E-state index in [-0.39, 0.29) is 55.1 Å². The highest BCUT2D eigenvalue weighted by molar-refractivity contribution is 5.70. The van der Waals surface area contributed by atoms with Crippen LogP contribution in [0.4, 0.5) is 5.95 Å². The molecule has 2 heterocycles. The van der Waals surface area contributed by atoms with Crippen molar-refractivity contribution in [3.05, 3.63) is 16.7 Å². The van der Waals surface area contributed by atoms with Crippen molar-refractivity contribution in [2.45, 2.75) is 6.04 Å². The Bertz CT molecular complexity index is 699. The van der Waals surface area contributed by atoms with Crippen LogP contribution in [-0.4, -0.2) is 54.7 Å². The first-order valence-electron chi connectivity index (χ1n) is 6.67. The van der Waals surface area contributed by atoms with E-state index in [4.69, 9.17) is 5.73 Å². The number of H-pyrrole nitrogens is 1. The summed E-state index contributed by atoms with van der Waals surface area (Å²) in [5.74, 6) is -0.672. The van der Waals surface area contributed by atoms with Gasteiger partial charge in [0.05, 0.1) is 6.33 Å². The first kappa shape index (κ1) is 14.0. The van der Waals surface area contributed by atoms with Crippen LogP contribution >= 0.6 is 0 Å². The summed E-state index contributed by atoms with van der Waals surface area (Å²) in [4.78, 5) is 22.3. The average Bonchev–Trinajstić information content (AvgIpc) is 2.83. The monoisotopic (exact) mass is 295 g/mol. The standard InChI is InChI=1S/C12H17N5O4/c13-12-15-10-8(11(21)16-12)14-4-17(10)9-6(2-19)5(1-18)7(9)3-20/h4-7,9,18-20H,1-3H2,(H3,13,15,16,21). The van der Waals surface area contributed by atoms with Crippen LogP contribution in [-0.2, 0) is 0 Å². The number of aromatic amines is 1. The lowest BCUT2D eigenvalue weighted by molar-refractivity contribution is -0.0899. The van der Waals surface area contributed by atoms with E-state index in [0.29, 0.717) is 5.65 Å². The van der Waals surface area contributed by atoms with E-state index in [1.807, 2.05) is 0 Å². The molecule has 0 amide bonds. The van der Waals surface area contributed by atoms with E-state index < -0.39 is 5.56 Å². The first-order chi connectivity index (χ1) is 10.1. The Morgan fingerprint density at radius 3 is 2.38 bits per heavy atom. The van der Waals surface area contributed by atoms with Crippen LogP contribution in [0, 0.1) is 17.8 Å². The second-order valence-electron chi connectivity index (χ2n) is 5.31. The van der Waals surface area contributed by atoms with Gasteiger partial charge in [0.15, 0.2) is 11.2 Å². The molecule has 9 nitrogen and oxygen atoms in total. The maximum Gasteiger partial charge on any atom is 0.280 e. The molecule has 0 bridgehead atoms. The summed E-state index contributed by atoms with van der Waals surface area (Å²) in [6.07, 6.45) is 1.45. The quantitative estimate of drug-likeness (QED) is 0.441. The number of anilines is 1. The van der Waals surface area contributed by atoms with E-state index in [0.717, 1.165) is 0 Å². The fourth-order valence-corrected chi connectivity index (χ4v) is 3.33. The van der Waals surface area contributed by atoms with Crippen molar-refractivity contribution in [2.24, 2.45) is 17.8 Å². The highest BCUT2D eigenvalue weighted by Gasteiger charge is 2.50. The predicted molar refractivity (Wildman–Crippen MR) is 73.3 cm³/mol. The van der Waals surface area contributed by atoms with Crippen LogP contribution in [0.2, 0.25) is 0 Å². The van der Waals surface area contributed by atoms with Gasteiger partial charge in [-0.2, -0.15) is 4.98 Å². The zero-order valence-corrected chi connectivity index (χ0v) is 11.2. The van der Waals surface area contributed by atoms with Gasteiger partial charge in [-0.1, -0.05) is 0 Å². The Morgan fingerprint density at radius 1 is 1.19 bits per heavy atom. The highest BCUT2D eigenvalue weighted by atomic mass is 16.3. The SMILES string of the molecule is Nc1nc2c(ncn2C2C(CO)C(CO)C2CO)c(=O)[nH]1. The van der Waals surface area contributed by atoms with Gasteiger partial charge in [0.2, 0.25) is 5.95 Å². The van der Waals surface area contributed by atoms with Gasteiger partial charge in [0, 0.05) is 37.7 Å². The Hall–Kier alpha value is -1.97. The van der Waals surface area contributed by atoms with Crippen molar-refractivity contribution in [1.29, 1.82) is 0 Å². The number of aliphatic hydroxyl groups excluding tert-OH is 3. The van der Waals surface area contributed by atoms with Crippen molar-refractivity contribution >= 4 is 17.1 Å². The van der Waals surface area contributed by atoms with E-state index in [2.05, 4.69) is 15.0 Å². The molecule has 2 aromatic rings. The number of aliphatic hydroxyl groups is 3. The third-order valence-corrected chi connectivity index (χ3v) is 4.38. The summed E-state index contributed by atoms with van der Waals surface area (Å²) in [6.45, 7) is -0.384. The Kier molecular flexibility index (Phi) is 3.40. The number of nitrogens with one attached hydrogen (secondary N) is 1. The van der Waals surface area contributed by atoms with Gasteiger partial charge in [0.1, 0.15) is 0 Å². The zero-order valence-electron chi connectivity index (χ0n) is 11.2. The number of imidazole rings is 1. The normalized spacial score (nSPS) is 28.7. The van der Waals surface area contributed by atoms with Gasteiger partial charge in [-0.05, 0) is 5.92 Å². The summed E-state index contributed by atoms with van der Waals surface area (Å²) in [7, 11) is 0. The van der Waals surface area contributed by atoms with Gasteiger partial charge in [0.25, 0.3) is 5.56 Å². The number of rotatable bonds is 4. The van der Waals surface area contributed by atoms with Crippen molar-refractivity contribution < 1.29 is 15.3 Å². The summed E-state index contributed by atoms with van der Waals surface area (Å²) in [5.41, 5.74) is 5.59. The number of fused-ring (bicyclic) bond motifs is 1. The van der Waals surface area contributed by atoms with Gasteiger partial charge < -0.3 is 25.6 Å². The summed E-state index contributed by atoms with van der Waals surface area (Å²) in [6, 6.07) is -0.282. The zero-order chi connectivity index (χ0) is 15.1. The lowest BCUT2D eigenvalue weighted by Crippen LogP contribution is -2.52. The van der Waals surface area contributed by atoms with Gasteiger partial charge in [-0.25, -0.2) is 4.98 Å². The number of nitrogen functional groups attached to an aromatic ring is 1. The second-order valence-corrected chi connectivity index (χ2v) is 5.31. The van der Waals surface area contributed by atoms with Crippen LogP contribution in [0.15, 0.2) is 11.1 Å².